The lowest BCUT2D eigenvalue weighted by Gasteiger charge is -2.12. The van der Waals surface area contributed by atoms with E-state index in [1.165, 1.54) is 26.8 Å². The Morgan fingerprint density at radius 1 is 1.25 bits per heavy atom. The SMILES string of the molecule is C=CCn1c(Sc2ccc(C(F)(F)F)nn2)nc2sc3c(c2c1=O)CCCC3. The number of aryl methyl sites for hydroxylation is 2. The lowest BCUT2D eigenvalue weighted by molar-refractivity contribution is -0.141. The molecule has 0 saturated carbocycles. The number of hydrogen-bond acceptors (Lipinski definition) is 6. The highest BCUT2D eigenvalue weighted by Crippen LogP contribution is 2.35. The number of nitrogens with zero attached hydrogens (tertiary/aromatic N) is 4. The average molecular weight is 424 g/mol. The quantitative estimate of drug-likeness (QED) is 0.456. The van der Waals surface area contributed by atoms with Crippen molar-refractivity contribution in [2.75, 3.05) is 0 Å². The first-order valence-electron chi connectivity index (χ1n) is 8.63. The maximum atomic E-state index is 13.1. The second kappa shape index (κ2) is 7.32. The van der Waals surface area contributed by atoms with Crippen molar-refractivity contribution in [1.82, 2.24) is 19.7 Å². The van der Waals surface area contributed by atoms with Gasteiger partial charge in [-0.15, -0.1) is 28.1 Å². The number of thiophene rings is 1. The Morgan fingerprint density at radius 2 is 2.04 bits per heavy atom. The van der Waals surface area contributed by atoms with Crippen molar-refractivity contribution < 1.29 is 13.2 Å². The van der Waals surface area contributed by atoms with Crippen LogP contribution in [0.15, 0.2) is 39.8 Å². The minimum absolute atomic E-state index is 0.147. The smallest absolute Gasteiger partial charge is 0.283 e. The largest absolute Gasteiger partial charge is 0.435 e. The van der Waals surface area contributed by atoms with Crippen molar-refractivity contribution in [3.8, 4) is 0 Å². The Morgan fingerprint density at radius 3 is 2.71 bits per heavy atom. The van der Waals surface area contributed by atoms with Crippen molar-refractivity contribution in [2.24, 2.45) is 0 Å². The molecule has 0 amide bonds. The van der Waals surface area contributed by atoms with Gasteiger partial charge in [-0.05, 0) is 55.1 Å². The molecule has 0 aromatic carbocycles. The normalized spacial score (nSPS) is 14.2. The minimum Gasteiger partial charge on any atom is -0.283 e. The van der Waals surface area contributed by atoms with E-state index in [1.807, 2.05) is 0 Å². The first kappa shape index (κ1) is 19.1. The van der Waals surface area contributed by atoms with Crippen molar-refractivity contribution in [1.29, 1.82) is 0 Å². The summed E-state index contributed by atoms with van der Waals surface area (Å²) in [5.41, 5.74) is -0.117. The molecule has 0 aliphatic heterocycles. The molecule has 1 aliphatic carbocycles. The van der Waals surface area contributed by atoms with Crippen LogP contribution in [0.1, 0.15) is 29.0 Å². The fourth-order valence-electron chi connectivity index (χ4n) is 3.21. The Hall–Kier alpha value is -2.20. The minimum atomic E-state index is -4.55. The number of allylic oxidation sites excluding steroid dienone is 1. The predicted octanol–water partition coefficient (Wildman–Crippen LogP) is 4.48. The molecule has 5 nitrogen and oxygen atoms in total. The highest BCUT2D eigenvalue weighted by molar-refractivity contribution is 7.99. The molecule has 0 spiro atoms. The molecule has 0 radical (unpaired) electrons. The van der Waals surface area contributed by atoms with Gasteiger partial charge in [-0.2, -0.15) is 13.2 Å². The van der Waals surface area contributed by atoms with Crippen LogP contribution in [0.2, 0.25) is 0 Å². The number of hydrogen-bond donors (Lipinski definition) is 0. The van der Waals surface area contributed by atoms with Crippen LogP contribution >= 0.6 is 23.1 Å². The molecule has 3 aromatic heterocycles. The standard InChI is InChI=1S/C18H15F3N4OS2/c1-2-9-25-16(26)14-10-5-3-4-6-11(10)27-15(14)22-17(25)28-13-8-7-12(23-24-13)18(19,20)21/h2,7-8H,1,3-6,9H2. The first-order valence-corrected chi connectivity index (χ1v) is 10.3. The van der Waals surface area contributed by atoms with Crippen LogP contribution in [-0.2, 0) is 25.6 Å². The van der Waals surface area contributed by atoms with Gasteiger partial charge in [0.1, 0.15) is 9.86 Å². The van der Waals surface area contributed by atoms with Gasteiger partial charge >= 0.3 is 6.18 Å². The molecule has 4 rings (SSSR count). The lowest BCUT2D eigenvalue weighted by atomic mass is 9.97. The fourth-order valence-corrected chi connectivity index (χ4v) is 5.33. The van der Waals surface area contributed by atoms with Crippen LogP contribution in [0.3, 0.4) is 0 Å². The average Bonchev–Trinajstić information content (AvgIpc) is 3.03. The second-order valence-electron chi connectivity index (χ2n) is 6.35. The predicted molar refractivity (Wildman–Crippen MR) is 102 cm³/mol. The van der Waals surface area contributed by atoms with E-state index in [9.17, 15) is 18.0 Å². The van der Waals surface area contributed by atoms with E-state index in [4.69, 9.17) is 0 Å². The molecular weight excluding hydrogens is 409 g/mol. The number of aromatic nitrogens is 4. The van der Waals surface area contributed by atoms with Gasteiger partial charge in [-0.25, -0.2) is 4.98 Å². The van der Waals surface area contributed by atoms with E-state index < -0.39 is 11.9 Å². The summed E-state index contributed by atoms with van der Waals surface area (Å²) in [5, 5.41) is 8.12. The zero-order chi connectivity index (χ0) is 19.9. The number of alkyl halides is 3. The zero-order valence-corrected chi connectivity index (χ0v) is 16.3. The Balaban J connectivity index is 1.78. The van der Waals surface area contributed by atoms with Crippen LogP contribution < -0.4 is 5.56 Å². The van der Waals surface area contributed by atoms with E-state index in [2.05, 4.69) is 21.8 Å². The summed E-state index contributed by atoms with van der Waals surface area (Å²) in [6.07, 6.45) is 1.02. The molecular formula is C18H15F3N4OS2. The molecule has 0 atom stereocenters. The van der Waals surface area contributed by atoms with Gasteiger partial charge in [0.25, 0.3) is 5.56 Å². The summed E-state index contributed by atoms with van der Waals surface area (Å²) in [4.78, 5) is 19.6. The van der Waals surface area contributed by atoms with Gasteiger partial charge in [0.15, 0.2) is 10.9 Å². The van der Waals surface area contributed by atoms with Gasteiger partial charge in [-0.3, -0.25) is 9.36 Å². The molecule has 10 heteroatoms. The highest BCUT2D eigenvalue weighted by Gasteiger charge is 2.33. The van der Waals surface area contributed by atoms with Crippen molar-refractivity contribution in [2.45, 2.75) is 48.6 Å². The van der Waals surface area contributed by atoms with Crippen LogP contribution in [0, 0.1) is 0 Å². The van der Waals surface area contributed by atoms with Crippen LogP contribution in [0.5, 0.6) is 0 Å². The van der Waals surface area contributed by atoms with E-state index in [0.29, 0.717) is 15.4 Å². The second-order valence-corrected chi connectivity index (χ2v) is 8.42. The zero-order valence-electron chi connectivity index (χ0n) is 14.6. The summed E-state index contributed by atoms with van der Waals surface area (Å²) in [6.45, 7) is 3.94. The van der Waals surface area contributed by atoms with E-state index in [1.54, 1.807) is 6.08 Å². The van der Waals surface area contributed by atoms with Crippen molar-refractivity contribution >= 4 is 33.3 Å². The molecule has 0 unspecified atom stereocenters. The van der Waals surface area contributed by atoms with Crippen molar-refractivity contribution in [3.05, 3.63) is 51.3 Å². The van der Waals surface area contributed by atoms with E-state index in [0.717, 1.165) is 49.1 Å². The summed E-state index contributed by atoms with van der Waals surface area (Å²) in [6, 6.07) is 2.10. The van der Waals surface area contributed by atoms with Gasteiger partial charge in [0.05, 0.1) is 5.39 Å². The fraction of sp³-hybridized carbons (Fsp3) is 0.333. The van der Waals surface area contributed by atoms with Crippen LogP contribution in [-0.4, -0.2) is 19.7 Å². The molecule has 0 bridgehead atoms. The van der Waals surface area contributed by atoms with Crippen LogP contribution in [0.4, 0.5) is 13.2 Å². The number of fused-ring (bicyclic) bond motifs is 3. The third-order valence-electron chi connectivity index (χ3n) is 4.48. The Bertz CT molecular complexity index is 1100. The molecule has 0 fully saturated rings. The molecule has 0 N–H and O–H groups in total. The molecule has 0 saturated heterocycles. The molecule has 1 aliphatic rings. The Kier molecular flexibility index (Phi) is 5.00. The summed E-state index contributed by atoms with van der Waals surface area (Å²) in [5.74, 6) is 0. The maximum Gasteiger partial charge on any atom is 0.435 e. The highest BCUT2D eigenvalue weighted by atomic mass is 32.2. The Labute approximate surface area is 166 Å². The van der Waals surface area contributed by atoms with E-state index >= 15 is 0 Å². The molecule has 28 heavy (non-hydrogen) atoms. The monoisotopic (exact) mass is 424 g/mol. The van der Waals surface area contributed by atoms with Crippen LogP contribution in [0.25, 0.3) is 10.2 Å². The maximum absolute atomic E-state index is 13.1. The topological polar surface area (TPSA) is 60.7 Å². The third kappa shape index (κ3) is 3.46. The van der Waals surface area contributed by atoms with Gasteiger partial charge in [0, 0.05) is 11.4 Å². The van der Waals surface area contributed by atoms with Gasteiger partial charge in [0.2, 0.25) is 0 Å². The first-order chi connectivity index (χ1) is 13.4. The number of halogens is 3. The number of rotatable bonds is 4. The van der Waals surface area contributed by atoms with Gasteiger partial charge < -0.3 is 0 Å². The third-order valence-corrected chi connectivity index (χ3v) is 6.58. The molecule has 146 valence electrons. The summed E-state index contributed by atoms with van der Waals surface area (Å²) < 4.78 is 39.5. The summed E-state index contributed by atoms with van der Waals surface area (Å²) in [7, 11) is 0. The lowest BCUT2D eigenvalue weighted by Crippen LogP contribution is -2.23. The summed E-state index contributed by atoms with van der Waals surface area (Å²) >= 11 is 2.54. The van der Waals surface area contributed by atoms with Gasteiger partial charge in [-0.1, -0.05) is 6.08 Å². The molecule has 3 heterocycles. The van der Waals surface area contributed by atoms with E-state index in [-0.39, 0.29) is 17.1 Å². The van der Waals surface area contributed by atoms with Crippen molar-refractivity contribution in [3.63, 3.8) is 0 Å². The molecule has 3 aromatic rings.